The van der Waals surface area contributed by atoms with Gasteiger partial charge in [0, 0.05) is 0 Å². The number of benzene rings is 3. The largest absolute Gasteiger partial charge is 0.376 e. The molecule has 2 amide bonds. The number of carbonyl (C=O) groups excluding carboxylic acids is 2. The fraction of sp³-hybridized carbons (Fsp3) is 0.185. The zero-order valence-electron chi connectivity index (χ0n) is 17.2. The van der Waals surface area contributed by atoms with Crippen LogP contribution >= 0.6 is 0 Å². The lowest BCUT2D eigenvalue weighted by Gasteiger charge is -2.25. The third-order valence-corrected chi connectivity index (χ3v) is 6.30. The van der Waals surface area contributed by atoms with Crippen LogP contribution in [-0.4, -0.2) is 28.6 Å². The average Bonchev–Trinajstić information content (AvgIpc) is 3.08. The summed E-state index contributed by atoms with van der Waals surface area (Å²) in [6.45, 7) is -0.563. The van der Waals surface area contributed by atoms with Crippen molar-refractivity contribution >= 4 is 17.9 Å². The fourth-order valence-electron chi connectivity index (χ4n) is 4.77. The van der Waals surface area contributed by atoms with Crippen molar-refractivity contribution in [3.05, 3.63) is 100 Å². The Morgan fingerprint density at radius 1 is 0.710 bits per heavy atom. The molecule has 0 bridgehead atoms. The molecule has 0 radical (unpaired) electrons. The second kappa shape index (κ2) is 7.97. The highest BCUT2D eigenvalue weighted by Crippen LogP contribution is 2.38. The first kappa shape index (κ1) is 19.5. The van der Waals surface area contributed by atoms with Crippen LogP contribution in [-0.2, 0) is 19.3 Å². The van der Waals surface area contributed by atoms with Gasteiger partial charge in [0.25, 0.3) is 11.8 Å². The van der Waals surface area contributed by atoms with E-state index in [1.807, 2.05) is 0 Å². The highest BCUT2D eigenvalue weighted by molar-refractivity contribution is 6.21. The quantitative estimate of drug-likeness (QED) is 0.596. The van der Waals surface area contributed by atoms with Crippen LogP contribution in [0.25, 0.3) is 17.2 Å². The molecule has 4 nitrogen and oxygen atoms in total. The fourth-order valence-corrected chi connectivity index (χ4v) is 4.77. The van der Waals surface area contributed by atoms with E-state index in [9.17, 15) is 9.59 Å². The number of aliphatic hydroxyl groups is 1. The molecule has 0 aromatic heterocycles. The maximum atomic E-state index is 11.4. The molecular formula is C27H23NO3. The molecular weight excluding hydrogens is 386 g/mol. The maximum Gasteiger partial charge on any atom is 0.263 e. The monoisotopic (exact) mass is 409 g/mol. The molecule has 0 atom stereocenters. The van der Waals surface area contributed by atoms with Crippen LogP contribution in [0, 0.1) is 0 Å². The van der Waals surface area contributed by atoms with Gasteiger partial charge in [0.2, 0.25) is 0 Å². The van der Waals surface area contributed by atoms with E-state index in [1.54, 1.807) is 35.4 Å². The van der Waals surface area contributed by atoms with Crippen molar-refractivity contribution in [3.63, 3.8) is 0 Å². The molecule has 0 saturated carbocycles. The van der Waals surface area contributed by atoms with Crippen LogP contribution in [0.4, 0.5) is 0 Å². The van der Waals surface area contributed by atoms with Gasteiger partial charge in [0.1, 0.15) is 6.73 Å². The first-order valence-electron chi connectivity index (χ1n) is 10.6. The van der Waals surface area contributed by atoms with E-state index >= 15 is 0 Å². The topological polar surface area (TPSA) is 57.6 Å². The Morgan fingerprint density at radius 3 is 2.10 bits per heavy atom. The van der Waals surface area contributed by atoms with E-state index in [4.69, 9.17) is 5.11 Å². The highest BCUT2D eigenvalue weighted by atomic mass is 16.3. The average molecular weight is 409 g/mol. The Bertz CT molecular complexity index is 1190. The van der Waals surface area contributed by atoms with Crippen molar-refractivity contribution < 1.29 is 14.7 Å². The Kier molecular flexibility index (Phi) is 5.00. The van der Waals surface area contributed by atoms with Crippen molar-refractivity contribution in [2.75, 3.05) is 6.73 Å². The summed E-state index contributed by atoms with van der Waals surface area (Å²) in [6.07, 6.45) is 9.42. The van der Waals surface area contributed by atoms with E-state index in [2.05, 4.69) is 48.6 Å². The number of hydrogen-bond acceptors (Lipinski definition) is 3. The molecule has 1 aliphatic heterocycles. The summed E-state index contributed by atoms with van der Waals surface area (Å²) in [6, 6.07) is 20.0. The van der Waals surface area contributed by atoms with Gasteiger partial charge in [-0.05, 0) is 71.2 Å². The van der Waals surface area contributed by atoms with Crippen molar-refractivity contribution in [3.8, 4) is 11.1 Å². The third kappa shape index (κ3) is 3.29. The number of nitrogens with zero attached hydrogens (tertiary/aromatic N) is 1. The Labute approximate surface area is 181 Å². The van der Waals surface area contributed by atoms with E-state index in [1.165, 1.54) is 47.9 Å². The minimum atomic E-state index is -0.563. The Hall–Kier alpha value is -3.50. The summed E-state index contributed by atoms with van der Waals surface area (Å²) < 4.78 is 0. The minimum Gasteiger partial charge on any atom is -0.376 e. The second-order valence-corrected chi connectivity index (χ2v) is 7.98. The normalized spacial score (nSPS) is 15.5. The van der Waals surface area contributed by atoms with Gasteiger partial charge < -0.3 is 5.11 Å². The van der Waals surface area contributed by atoms with Crippen molar-refractivity contribution in [2.45, 2.75) is 25.7 Å². The number of hydrogen-bond donors (Lipinski definition) is 1. The number of carbonyl (C=O) groups is 2. The van der Waals surface area contributed by atoms with Crippen LogP contribution in [0.15, 0.2) is 66.7 Å². The van der Waals surface area contributed by atoms with Gasteiger partial charge in [-0.15, -0.1) is 0 Å². The summed E-state index contributed by atoms with van der Waals surface area (Å²) in [5.41, 5.74) is 9.82. The second-order valence-electron chi connectivity index (χ2n) is 7.98. The van der Waals surface area contributed by atoms with Crippen LogP contribution < -0.4 is 0 Å². The molecule has 4 heteroatoms. The predicted octanol–water partition coefficient (Wildman–Crippen LogP) is 4.64. The molecule has 3 aromatic carbocycles. The molecule has 1 heterocycles. The van der Waals surface area contributed by atoms with Crippen molar-refractivity contribution in [1.29, 1.82) is 0 Å². The van der Waals surface area contributed by atoms with Gasteiger partial charge in [-0.2, -0.15) is 0 Å². The summed E-state index contributed by atoms with van der Waals surface area (Å²) in [5.74, 6) is -0.855. The summed E-state index contributed by atoms with van der Waals surface area (Å²) in [4.78, 5) is 23.6. The molecule has 3 aromatic rings. The van der Waals surface area contributed by atoms with Gasteiger partial charge in [-0.1, -0.05) is 60.7 Å². The van der Waals surface area contributed by atoms with E-state index in [-0.39, 0.29) is 0 Å². The summed E-state index contributed by atoms with van der Waals surface area (Å²) >= 11 is 0. The lowest BCUT2D eigenvalue weighted by molar-refractivity contribution is 0.0490. The summed E-state index contributed by atoms with van der Waals surface area (Å²) in [5, 5.41) is 8.76. The van der Waals surface area contributed by atoms with Gasteiger partial charge in [-0.3, -0.25) is 14.5 Å². The molecule has 0 unspecified atom stereocenters. The smallest absolute Gasteiger partial charge is 0.263 e. The molecule has 2 aliphatic carbocycles. The Morgan fingerprint density at radius 2 is 1.39 bits per heavy atom. The van der Waals surface area contributed by atoms with E-state index in [0.717, 1.165) is 4.90 Å². The molecule has 154 valence electrons. The zero-order chi connectivity index (χ0) is 21.4. The van der Waals surface area contributed by atoms with Crippen LogP contribution in [0.3, 0.4) is 0 Å². The predicted molar refractivity (Wildman–Crippen MR) is 121 cm³/mol. The molecule has 1 N–H and O–H groups in total. The molecule has 0 saturated heterocycles. The highest BCUT2D eigenvalue weighted by Gasteiger charge is 2.34. The lowest BCUT2D eigenvalue weighted by Crippen LogP contribution is -2.30. The van der Waals surface area contributed by atoms with Crippen molar-refractivity contribution in [1.82, 2.24) is 4.90 Å². The minimum absolute atomic E-state index is 0.363. The van der Waals surface area contributed by atoms with Gasteiger partial charge >= 0.3 is 0 Å². The van der Waals surface area contributed by atoms with Gasteiger partial charge in [-0.25, -0.2) is 0 Å². The Balaban J connectivity index is 0.000000140. The van der Waals surface area contributed by atoms with Crippen LogP contribution in [0.2, 0.25) is 0 Å². The number of fused-ring (bicyclic) bond motifs is 6. The van der Waals surface area contributed by atoms with Gasteiger partial charge in [0.15, 0.2) is 0 Å². The lowest BCUT2D eigenvalue weighted by atomic mass is 9.80. The number of aliphatic hydroxyl groups excluding tert-OH is 1. The number of imide groups is 1. The molecule has 3 aliphatic rings. The number of amides is 2. The number of rotatable bonds is 1. The first-order chi connectivity index (χ1) is 15.2. The van der Waals surface area contributed by atoms with Crippen molar-refractivity contribution in [2.24, 2.45) is 0 Å². The number of aryl methyl sites for hydroxylation is 1. The standard InChI is InChI=1S/C18H16.C9H7NO3/c1-3-7-15-13(5-1)9-11-18-16-8-4-2-6-14(16)10-12-17(15)18;11-5-10-8(12)6-3-1-2-4-7(6)9(10)13/h1-3,5-7,10,12H,4,8-9,11H2;1-4,11H,5H2. The molecule has 0 fully saturated rings. The zero-order valence-corrected chi connectivity index (χ0v) is 17.2. The van der Waals surface area contributed by atoms with E-state index in [0.29, 0.717) is 11.1 Å². The van der Waals surface area contributed by atoms with Gasteiger partial charge in [0.05, 0.1) is 11.1 Å². The van der Waals surface area contributed by atoms with Crippen LogP contribution in [0.5, 0.6) is 0 Å². The SMILES string of the molecule is C1=Cc2ccc3c(c2CC1)CCc1ccccc1-3.O=C1c2ccccc2C(=O)N1CO. The van der Waals surface area contributed by atoms with Crippen LogP contribution in [0.1, 0.15) is 49.4 Å². The molecule has 6 rings (SSSR count). The molecule has 0 spiro atoms. The third-order valence-electron chi connectivity index (χ3n) is 6.30. The summed E-state index contributed by atoms with van der Waals surface area (Å²) in [7, 11) is 0. The first-order valence-corrected chi connectivity index (χ1v) is 10.6. The maximum absolute atomic E-state index is 11.4. The molecule has 31 heavy (non-hydrogen) atoms. The number of allylic oxidation sites excluding steroid dienone is 1. The van der Waals surface area contributed by atoms with E-state index < -0.39 is 18.5 Å².